The number of nitrogens with two attached hydrogens (primary N) is 1. The number of nitrogens with zero attached hydrogens (tertiary/aromatic N) is 1. The van der Waals surface area contributed by atoms with E-state index in [4.69, 9.17) is 10.5 Å². The lowest BCUT2D eigenvalue weighted by molar-refractivity contribution is 0.415. The number of hydrogen-bond donors (Lipinski definition) is 2. The average Bonchev–Trinajstić information content (AvgIpc) is 2.60. The Kier molecular flexibility index (Phi) is 6.43. The van der Waals surface area contributed by atoms with Crippen LogP contribution in [0.25, 0.3) is 10.8 Å². The number of nitrogens with one attached hydrogen (secondary N) is 1. The molecule has 0 atom stereocenters. The first-order valence-corrected chi connectivity index (χ1v) is 7.44. The SMILES string of the molecule is COc1ccc(NC(N)=NCc2cccc3ccccc23)cc1.I. The normalized spacial score (nSPS) is 11.0. The first kappa shape index (κ1) is 18.1. The van der Waals surface area contributed by atoms with Gasteiger partial charge >= 0.3 is 0 Å². The van der Waals surface area contributed by atoms with Gasteiger partial charge in [-0.2, -0.15) is 0 Å². The van der Waals surface area contributed by atoms with Crippen molar-refractivity contribution in [2.24, 2.45) is 10.7 Å². The van der Waals surface area contributed by atoms with Gasteiger partial charge in [0.2, 0.25) is 0 Å². The lowest BCUT2D eigenvalue weighted by Gasteiger charge is -2.08. The molecular weight excluding hydrogens is 413 g/mol. The van der Waals surface area contributed by atoms with Crippen molar-refractivity contribution in [1.82, 2.24) is 0 Å². The van der Waals surface area contributed by atoms with Crippen LogP contribution in [0.4, 0.5) is 5.69 Å². The highest BCUT2D eigenvalue weighted by Gasteiger charge is 2.00. The second-order valence-corrected chi connectivity index (χ2v) is 5.19. The van der Waals surface area contributed by atoms with Gasteiger partial charge in [-0.1, -0.05) is 42.5 Å². The van der Waals surface area contributed by atoms with Gasteiger partial charge in [0.15, 0.2) is 5.96 Å². The molecule has 0 spiro atoms. The smallest absolute Gasteiger partial charge is 0.193 e. The predicted molar refractivity (Wildman–Crippen MR) is 111 cm³/mol. The fraction of sp³-hybridized carbons (Fsp3) is 0.105. The number of aliphatic imine (C=N–C) groups is 1. The third-order valence-corrected chi connectivity index (χ3v) is 3.66. The molecule has 3 rings (SSSR count). The van der Waals surface area contributed by atoms with Crippen LogP contribution in [0.5, 0.6) is 5.75 Å². The number of halogens is 1. The predicted octanol–water partition coefficient (Wildman–Crippen LogP) is 4.39. The maximum absolute atomic E-state index is 5.98. The van der Waals surface area contributed by atoms with E-state index in [9.17, 15) is 0 Å². The van der Waals surface area contributed by atoms with Gasteiger partial charge in [0, 0.05) is 5.69 Å². The van der Waals surface area contributed by atoms with Gasteiger partial charge in [-0.3, -0.25) is 0 Å². The van der Waals surface area contributed by atoms with Crippen LogP contribution in [0.3, 0.4) is 0 Å². The van der Waals surface area contributed by atoms with E-state index in [2.05, 4.69) is 34.6 Å². The molecule has 0 bridgehead atoms. The maximum Gasteiger partial charge on any atom is 0.193 e. The molecule has 0 saturated carbocycles. The highest BCUT2D eigenvalue weighted by atomic mass is 127. The summed E-state index contributed by atoms with van der Waals surface area (Å²) in [6.07, 6.45) is 0. The van der Waals surface area contributed by atoms with Crippen LogP contribution >= 0.6 is 24.0 Å². The Morgan fingerprint density at radius 3 is 2.46 bits per heavy atom. The molecule has 3 aromatic carbocycles. The Hall–Kier alpha value is -2.28. The van der Waals surface area contributed by atoms with Crippen molar-refractivity contribution < 1.29 is 4.74 Å². The number of ether oxygens (including phenoxy) is 1. The lowest BCUT2D eigenvalue weighted by atomic mass is 10.1. The molecule has 124 valence electrons. The number of fused-ring (bicyclic) bond motifs is 1. The molecule has 0 aliphatic carbocycles. The highest BCUT2D eigenvalue weighted by Crippen LogP contribution is 2.19. The summed E-state index contributed by atoms with van der Waals surface area (Å²) in [4.78, 5) is 4.43. The van der Waals surface area contributed by atoms with E-state index in [1.807, 2.05) is 42.5 Å². The van der Waals surface area contributed by atoms with E-state index >= 15 is 0 Å². The van der Waals surface area contributed by atoms with E-state index in [0.717, 1.165) is 17.0 Å². The van der Waals surface area contributed by atoms with Crippen molar-refractivity contribution in [2.75, 3.05) is 12.4 Å². The molecule has 0 aromatic heterocycles. The molecule has 24 heavy (non-hydrogen) atoms. The molecule has 0 saturated heterocycles. The minimum absolute atomic E-state index is 0. The Labute approximate surface area is 158 Å². The van der Waals surface area contributed by atoms with E-state index < -0.39 is 0 Å². The second-order valence-electron chi connectivity index (χ2n) is 5.19. The summed E-state index contributed by atoms with van der Waals surface area (Å²) in [7, 11) is 1.64. The number of benzene rings is 3. The zero-order valence-corrected chi connectivity index (χ0v) is 15.7. The van der Waals surface area contributed by atoms with Gasteiger partial charge in [0.25, 0.3) is 0 Å². The van der Waals surface area contributed by atoms with Crippen LogP contribution in [0.15, 0.2) is 71.7 Å². The van der Waals surface area contributed by atoms with Crippen molar-refractivity contribution >= 4 is 46.4 Å². The van der Waals surface area contributed by atoms with Crippen molar-refractivity contribution in [2.45, 2.75) is 6.54 Å². The average molecular weight is 433 g/mol. The van der Waals surface area contributed by atoms with Gasteiger partial charge < -0.3 is 15.8 Å². The monoisotopic (exact) mass is 433 g/mol. The molecule has 3 N–H and O–H groups in total. The van der Waals surface area contributed by atoms with Crippen LogP contribution in [0.1, 0.15) is 5.56 Å². The van der Waals surface area contributed by atoms with Gasteiger partial charge in [-0.15, -0.1) is 24.0 Å². The van der Waals surface area contributed by atoms with E-state index in [-0.39, 0.29) is 24.0 Å². The maximum atomic E-state index is 5.98. The molecule has 0 aliphatic rings. The highest BCUT2D eigenvalue weighted by molar-refractivity contribution is 14.0. The zero-order valence-electron chi connectivity index (χ0n) is 13.4. The molecule has 0 radical (unpaired) electrons. The summed E-state index contributed by atoms with van der Waals surface area (Å²) in [5.41, 5.74) is 8.01. The summed E-state index contributed by atoms with van der Waals surface area (Å²) >= 11 is 0. The standard InChI is InChI=1S/C19H19N3O.HI/c1-23-17-11-9-16(10-12-17)22-19(20)21-13-15-7-4-6-14-5-2-3-8-18(14)15;/h2-12H,13H2,1H3,(H3,20,21,22);1H. The van der Waals surface area contributed by atoms with Crippen molar-refractivity contribution in [3.05, 3.63) is 72.3 Å². The molecule has 0 aliphatic heterocycles. The van der Waals surface area contributed by atoms with Crippen LogP contribution < -0.4 is 15.8 Å². The zero-order chi connectivity index (χ0) is 16.1. The van der Waals surface area contributed by atoms with Crippen LogP contribution in [0, 0.1) is 0 Å². The van der Waals surface area contributed by atoms with Crippen molar-refractivity contribution in [3.63, 3.8) is 0 Å². The van der Waals surface area contributed by atoms with Crippen LogP contribution in [0.2, 0.25) is 0 Å². The molecule has 0 heterocycles. The number of hydrogen-bond acceptors (Lipinski definition) is 2. The largest absolute Gasteiger partial charge is 0.497 e. The van der Waals surface area contributed by atoms with Gasteiger partial charge in [0.05, 0.1) is 13.7 Å². The van der Waals surface area contributed by atoms with Crippen LogP contribution in [-0.2, 0) is 6.54 Å². The fourth-order valence-electron chi connectivity index (χ4n) is 2.46. The minimum atomic E-state index is 0. The van der Waals surface area contributed by atoms with Crippen molar-refractivity contribution in [3.8, 4) is 5.75 Å². The Bertz CT molecular complexity index is 826. The third-order valence-electron chi connectivity index (χ3n) is 3.66. The first-order chi connectivity index (χ1) is 11.3. The Morgan fingerprint density at radius 2 is 1.71 bits per heavy atom. The molecule has 0 amide bonds. The summed E-state index contributed by atoms with van der Waals surface area (Å²) in [6, 6.07) is 22.0. The summed E-state index contributed by atoms with van der Waals surface area (Å²) < 4.78 is 5.13. The van der Waals surface area contributed by atoms with Gasteiger partial charge in [0.1, 0.15) is 5.75 Å². The Balaban J connectivity index is 0.00000208. The van der Waals surface area contributed by atoms with Gasteiger partial charge in [-0.25, -0.2) is 4.99 Å². The molecule has 4 nitrogen and oxygen atoms in total. The molecule has 5 heteroatoms. The summed E-state index contributed by atoms with van der Waals surface area (Å²) in [5.74, 6) is 1.20. The fourth-order valence-corrected chi connectivity index (χ4v) is 2.46. The Morgan fingerprint density at radius 1 is 1.00 bits per heavy atom. The third kappa shape index (κ3) is 4.38. The number of guanidine groups is 1. The van der Waals surface area contributed by atoms with Crippen molar-refractivity contribution in [1.29, 1.82) is 0 Å². The lowest BCUT2D eigenvalue weighted by Crippen LogP contribution is -2.22. The second kappa shape index (κ2) is 8.54. The topological polar surface area (TPSA) is 59.6 Å². The minimum Gasteiger partial charge on any atom is -0.497 e. The van der Waals surface area contributed by atoms with Gasteiger partial charge in [-0.05, 0) is 40.6 Å². The number of rotatable bonds is 4. The van der Waals surface area contributed by atoms with Crippen LogP contribution in [-0.4, -0.2) is 13.1 Å². The molecular formula is C19H20IN3O. The summed E-state index contributed by atoms with van der Waals surface area (Å²) in [6.45, 7) is 0.538. The molecule has 0 unspecified atom stereocenters. The van der Waals surface area contributed by atoms with E-state index in [0.29, 0.717) is 12.5 Å². The summed E-state index contributed by atoms with van der Waals surface area (Å²) in [5, 5.41) is 5.50. The quantitative estimate of drug-likeness (QED) is 0.365. The number of anilines is 1. The first-order valence-electron chi connectivity index (χ1n) is 7.44. The number of methoxy groups -OCH3 is 1. The molecule has 3 aromatic rings. The van der Waals surface area contributed by atoms with E-state index in [1.165, 1.54) is 10.8 Å². The molecule has 0 fully saturated rings. The van der Waals surface area contributed by atoms with E-state index in [1.54, 1.807) is 7.11 Å².